The molecule has 2 aromatic carbocycles. The van der Waals surface area contributed by atoms with Gasteiger partial charge in [-0.25, -0.2) is 13.1 Å². The molecule has 0 bridgehead atoms. The first-order valence-corrected chi connectivity index (χ1v) is 11.1. The van der Waals surface area contributed by atoms with Crippen LogP contribution in [0.4, 0.5) is 11.4 Å². The van der Waals surface area contributed by atoms with Gasteiger partial charge in [0.15, 0.2) is 0 Å². The molecular formula is C21H22N4O6S. The standard InChI is InChI=1S/C21H22N4O6S/c1-15-8-9-17(32(29,30)24-14-16-5-4-12-31-16)13-18(15)21(26)23-11-10-22-19-6-2-3-7-20(19)25(27)28/h2-9,12-13,22,24H,10-11,14H2,1H3,(H,23,26). The van der Waals surface area contributed by atoms with Crippen molar-refractivity contribution in [3.8, 4) is 0 Å². The summed E-state index contributed by atoms with van der Waals surface area (Å²) in [5.74, 6) is 0.0137. The van der Waals surface area contributed by atoms with Crippen LogP contribution in [0.2, 0.25) is 0 Å². The second-order valence-corrected chi connectivity index (χ2v) is 8.60. The van der Waals surface area contributed by atoms with Crippen LogP contribution in [0.5, 0.6) is 0 Å². The number of benzene rings is 2. The minimum atomic E-state index is -3.85. The summed E-state index contributed by atoms with van der Waals surface area (Å²) in [5.41, 5.74) is 1.11. The molecule has 0 atom stereocenters. The Kier molecular flexibility index (Phi) is 7.23. The number of anilines is 1. The fourth-order valence-electron chi connectivity index (χ4n) is 2.93. The topological polar surface area (TPSA) is 144 Å². The number of nitrogens with zero attached hydrogens (tertiary/aromatic N) is 1. The van der Waals surface area contributed by atoms with Crippen molar-refractivity contribution in [1.82, 2.24) is 10.0 Å². The second kappa shape index (κ2) is 10.1. The lowest BCUT2D eigenvalue weighted by Gasteiger charge is -2.12. The smallest absolute Gasteiger partial charge is 0.292 e. The largest absolute Gasteiger partial charge is 0.468 e. The number of amides is 1. The first kappa shape index (κ1) is 23.0. The van der Waals surface area contributed by atoms with Crippen molar-refractivity contribution in [2.24, 2.45) is 0 Å². The van der Waals surface area contributed by atoms with Crippen LogP contribution >= 0.6 is 0 Å². The molecule has 11 heteroatoms. The lowest BCUT2D eigenvalue weighted by atomic mass is 10.1. The number of furan rings is 1. The van der Waals surface area contributed by atoms with Crippen molar-refractivity contribution < 1.29 is 22.6 Å². The number of aryl methyl sites for hydroxylation is 1. The molecule has 1 amide bonds. The molecular weight excluding hydrogens is 436 g/mol. The van der Waals surface area contributed by atoms with Crippen LogP contribution in [-0.4, -0.2) is 32.3 Å². The molecule has 10 nitrogen and oxygen atoms in total. The Morgan fingerprint density at radius 2 is 1.88 bits per heavy atom. The molecule has 1 aromatic heterocycles. The molecule has 0 saturated carbocycles. The fraction of sp³-hybridized carbons (Fsp3) is 0.190. The Morgan fingerprint density at radius 1 is 1.09 bits per heavy atom. The van der Waals surface area contributed by atoms with Gasteiger partial charge in [-0.05, 0) is 42.8 Å². The highest BCUT2D eigenvalue weighted by molar-refractivity contribution is 7.89. The number of nitro benzene ring substituents is 1. The van der Waals surface area contributed by atoms with E-state index in [2.05, 4.69) is 15.4 Å². The zero-order valence-corrected chi connectivity index (χ0v) is 18.0. The zero-order valence-electron chi connectivity index (χ0n) is 17.2. The minimum absolute atomic E-state index is 0.0119. The Bertz CT molecular complexity index is 1210. The van der Waals surface area contributed by atoms with Gasteiger partial charge in [0.25, 0.3) is 11.6 Å². The highest BCUT2D eigenvalue weighted by atomic mass is 32.2. The van der Waals surface area contributed by atoms with Gasteiger partial charge in [-0.1, -0.05) is 18.2 Å². The van der Waals surface area contributed by atoms with Gasteiger partial charge in [-0.2, -0.15) is 0 Å². The van der Waals surface area contributed by atoms with Crippen LogP contribution in [0, 0.1) is 17.0 Å². The van der Waals surface area contributed by atoms with E-state index in [0.717, 1.165) is 0 Å². The van der Waals surface area contributed by atoms with Crippen molar-refractivity contribution in [3.05, 3.63) is 87.9 Å². The average molecular weight is 458 g/mol. The molecule has 0 aliphatic carbocycles. The number of rotatable bonds is 10. The van der Waals surface area contributed by atoms with Gasteiger partial charge >= 0.3 is 0 Å². The van der Waals surface area contributed by atoms with E-state index in [1.807, 2.05) is 0 Å². The normalized spacial score (nSPS) is 11.2. The van der Waals surface area contributed by atoms with Gasteiger partial charge in [0.2, 0.25) is 10.0 Å². The zero-order chi connectivity index (χ0) is 23.1. The van der Waals surface area contributed by atoms with Crippen molar-refractivity contribution in [2.45, 2.75) is 18.4 Å². The third-order valence-corrected chi connectivity index (χ3v) is 6.01. The van der Waals surface area contributed by atoms with Gasteiger partial charge < -0.3 is 15.1 Å². The summed E-state index contributed by atoms with van der Waals surface area (Å²) in [5, 5.41) is 16.6. The van der Waals surface area contributed by atoms with Crippen LogP contribution in [0.1, 0.15) is 21.7 Å². The molecule has 0 fully saturated rings. The third-order valence-electron chi connectivity index (χ3n) is 4.61. The first-order chi connectivity index (χ1) is 15.3. The maximum Gasteiger partial charge on any atom is 0.292 e. The SMILES string of the molecule is Cc1ccc(S(=O)(=O)NCc2ccco2)cc1C(=O)NCCNc1ccccc1[N+](=O)[O-]. The number of hydrogen-bond donors (Lipinski definition) is 3. The van der Waals surface area contributed by atoms with Crippen molar-refractivity contribution in [2.75, 3.05) is 18.4 Å². The van der Waals surface area contributed by atoms with Gasteiger partial charge in [0, 0.05) is 24.7 Å². The summed E-state index contributed by atoms with van der Waals surface area (Å²) in [6.45, 7) is 2.12. The predicted molar refractivity (Wildman–Crippen MR) is 118 cm³/mol. The second-order valence-electron chi connectivity index (χ2n) is 6.84. The molecule has 1 heterocycles. The number of nitro groups is 1. The lowest BCUT2D eigenvalue weighted by Crippen LogP contribution is -2.30. The number of sulfonamides is 1. The van der Waals surface area contributed by atoms with E-state index in [-0.39, 0.29) is 35.8 Å². The van der Waals surface area contributed by atoms with Crippen molar-refractivity contribution in [1.29, 1.82) is 0 Å². The van der Waals surface area contributed by atoms with Crippen LogP contribution in [0.15, 0.2) is 70.2 Å². The summed E-state index contributed by atoms with van der Waals surface area (Å²) in [4.78, 5) is 23.1. The van der Waals surface area contributed by atoms with E-state index in [4.69, 9.17) is 4.42 Å². The summed E-state index contributed by atoms with van der Waals surface area (Å²) >= 11 is 0. The molecule has 0 radical (unpaired) electrons. The fourth-order valence-corrected chi connectivity index (χ4v) is 3.95. The molecule has 0 unspecified atom stereocenters. The maximum absolute atomic E-state index is 12.6. The predicted octanol–water partition coefficient (Wildman–Crippen LogP) is 2.82. The van der Waals surface area contributed by atoms with E-state index in [1.165, 1.54) is 24.5 Å². The lowest BCUT2D eigenvalue weighted by molar-refractivity contribution is -0.384. The first-order valence-electron chi connectivity index (χ1n) is 9.66. The van der Waals surface area contributed by atoms with E-state index in [9.17, 15) is 23.3 Å². The third kappa shape index (κ3) is 5.71. The van der Waals surface area contributed by atoms with E-state index in [0.29, 0.717) is 17.0 Å². The van der Waals surface area contributed by atoms with E-state index < -0.39 is 20.9 Å². The van der Waals surface area contributed by atoms with Gasteiger partial charge in [-0.3, -0.25) is 14.9 Å². The molecule has 0 aliphatic heterocycles. The monoisotopic (exact) mass is 458 g/mol. The van der Waals surface area contributed by atoms with Gasteiger partial charge in [-0.15, -0.1) is 0 Å². The molecule has 3 N–H and O–H groups in total. The summed E-state index contributed by atoms with van der Waals surface area (Å²) in [6, 6.07) is 13.8. The molecule has 0 spiro atoms. The van der Waals surface area contributed by atoms with E-state index in [1.54, 1.807) is 43.3 Å². The van der Waals surface area contributed by atoms with Gasteiger partial charge in [0.1, 0.15) is 11.4 Å². The number of carbonyl (C=O) groups excluding carboxylic acids is 1. The average Bonchev–Trinajstić information content (AvgIpc) is 3.29. The molecule has 168 valence electrons. The van der Waals surface area contributed by atoms with E-state index >= 15 is 0 Å². The summed E-state index contributed by atoms with van der Waals surface area (Å²) < 4.78 is 32.7. The quantitative estimate of drug-likeness (QED) is 0.241. The maximum atomic E-state index is 12.6. The summed E-state index contributed by atoms with van der Waals surface area (Å²) in [6.07, 6.45) is 1.45. The minimum Gasteiger partial charge on any atom is -0.468 e. The van der Waals surface area contributed by atoms with Crippen LogP contribution < -0.4 is 15.4 Å². The molecule has 0 saturated heterocycles. The molecule has 0 aliphatic rings. The Labute approximate surface area is 184 Å². The van der Waals surface area contributed by atoms with Crippen molar-refractivity contribution >= 4 is 27.3 Å². The van der Waals surface area contributed by atoms with Crippen molar-refractivity contribution in [3.63, 3.8) is 0 Å². The number of carbonyl (C=O) groups is 1. The van der Waals surface area contributed by atoms with Crippen LogP contribution in [0.3, 0.4) is 0 Å². The van der Waals surface area contributed by atoms with Crippen LogP contribution in [-0.2, 0) is 16.6 Å². The summed E-state index contributed by atoms with van der Waals surface area (Å²) in [7, 11) is -3.85. The Morgan fingerprint density at radius 3 is 2.59 bits per heavy atom. The highest BCUT2D eigenvalue weighted by Crippen LogP contribution is 2.22. The molecule has 32 heavy (non-hydrogen) atoms. The Hall–Kier alpha value is -3.70. The number of para-hydroxylation sites is 2. The number of nitrogens with one attached hydrogen (secondary N) is 3. The number of hydrogen-bond acceptors (Lipinski definition) is 7. The molecule has 3 aromatic rings. The Balaban J connectivity index is 1.61. The molecule has 3 rings (SSSR count). The van der Waals surface area contributed by atoms with Gasteiger partial charge in [0.05, 0.1) is 22.6 Å². The van der Waals surface area contributed by atoms with Crippen LogP contribution in [0.25, 0.3) is 0 Å². The highest BCUT2D eigenvalue weighted by Gasteiger charge is 2.18.